The van der Waals surface area contributed by atoms with E-state index in [4.69, 9.17) is 9.26 Å². The molecule has 134 valence electrons. The van der Waals surface area contributed by atoms with Gasteiger partial charge in [0.15, 0.2) is 5.82 Å². The van der Waals surface area contributed by atoms with Crippen LogP contribution < -0.4 is 4.74 Å². The van der Waals surface area contributed by atoms with Crippen molar-refractivity contribution in [2.75, 3.05) is 13.6 Å². The van der Waals surface area contributed by atoms with E-state index in [9.17, 15) is 4.39 Å². The highest BCUT2D eigenvalue weighted by molar-refractivity contribution is 5.37. The van der Waals surface area contributed by atoms with Crippen LogP contribution >= 0.6 is 0 Å². The van der Waals surface area contributed by atoms with Crippen LogP contribution in [0.3, 0.4) is 0 Å². The second kappa shape index (κ2) is 7.25. The summed E-state index contributed by atoms with van der Waals surface area (Å²) >= 11 is 0. The number of fused-ring (bicyclic) bond motifs is 1. The number of rotatable bonds is 6. The summed E-state index contributed by atoms with van der Waals surface area (Å²) in [6.45, 7) is 1.29. The zero-order valence-corrected chi connectivity index (χ0v) is 14.6. The Morgan fingerprint density at radius 3 is 2.81 bits per heavy atom. The van der Waals surface area contributed by atoms with Gasteiger partial charge in [0, 0.05) is 19.4 Å². The third-order valence-electron chi connectivity index (χ3n) is 4.45. The largest absolute Gasteiger partial charge is 0.488 e. The first-order valence-corrected chi connectivity index (χ1v) is 8.65. The molecule has 0 saturated heterocycles. The minimum absolute atomic E-state index is 0.123. The van der Waals surface area contributed by atoms with E-state index < -0.39 is 0 Å². The number of para-hydroxylation sites is 1. The fraction of sp³-hybridized carbons (Fsp3) is 0.300. The molecule has 6 heteroatoms. The lowest BCUT2D eigenvalue weighted by Crippen LogP contribution is -2.31. The second-order valence-electron chi connectivity index (χ2n) is 6.62. The zero-order valence-electron chi connectivity index (χ0n) is 14.6. The van der Waals surface area contributed by atoms with Crippen molar-refractivity contribution >= 4 is 0 Å². The summed E-state index contributed by atoms with van der Waals surface area (Å²) in [5, 5.41) is 3.96. The predicted molar refractivity (Wildman–Crippen MR) is 94.4 cm³/mol. The number of aromatic nitrogens is 2. The Labute approximate surface area is 151 Å². The highest BCUT2D eigenvalue weighted by atomic mass is 19.1. The van der Waals surface area contributed by atoms with Gasteiger partial charge in [-0.3, -0.25) is 4.90 Å². The van der Waals surface area contributed by atoms with E-state index >= 15 is 0 Å². The van der Waals surface area contributed by atoms with Crippen molar-refractivity contribution in [3.63, 3.8) is 0 Å². The number of nitrogens with zero attached hydrogens (tertiary/aromatic N) is 3. The number of hydrogen-bond donors (Lipinski definition) is 0. The van der Waals surface area contributed by atoms with Crippen molar-refractivity contribution in [2.24, 2.45) is 0 Å². The van der Waals surface area contributed by atoms with E-state index in [1.54, 1.807) is 18.2 Å². The van der Waals surface area contributed by atoms with Crippen LogP contribution in [0.25, 0.3) is 0 Å². The maximum atomic E-state index is 13.7. The molecular formula is C20H20FN3O2. The molecule has 0 fully saturated rings. The van der Waals surface area contributed by atoms with Gasteiger partial charge < -0.3 is 9.26 Å². The molecule has 5 nitrogen and oxygen atoms in total. The summed E-state index contributed by atoms with van der Waals surface area (Å²) in [7, 11) is 1.99. The van der Waals surface area contributed by atoms with Crippen LogP contribution in [0, 0.1) is 5.82 Å². The Morgan fingerprint density at radius 1 is 1.15 bits per heavy atom. The quantitative estimate of drug-likeness (QED) is 0.681. The number of ether oxygens (including phenoxy) is 1. The third kappa shape index (κ3) is 3.75. The van der Waals surface area contributed by atoms with Gasteiger partial charge in [-0.2, -0.15) is 4.98 Å². The monoisotopic (exact) mass is 353 g/mol. The molecule has 2 heterocycles. The minimum Gasteiger partial charge on any atom is -0.488 e. The van der Waals surface area contributed by atoms with Crippen LogP contribution in [0.5, 0.6) is 5.75 Å². The molecule has 26 heavy (non-hydrogen) atoms. The number of hydrogen-bond acceptors (Lipinski definition) is 5. The fourth-order valence-electron chi connectivity index (χ4n) is 3.24. The summed E-state index contributed by atoms with van der Waals surface area (Å²) in [6.07, 6.45) is 1.35. The first-order valence-electron chi connectivity index (χ1n) is 8.65. The van der Waals surface area contributed by atoms with Crippen molar-refractivity contribution in [3.8, 4) is 5.75 Å². The molecule has 0 spiro atoms. The van der Waals surface area contributed by atoms with Gasteiger partial charge in [0.05, 0.1) is 6.54 Å². The van der Waals surface area contributed by atoms with Gasteiger partial charge in [-0.1, -0.05) is 41.6 Å². The number of benzene rings is 2. The topological polar surface area (TPSA) is 51.4 Å². The molecule has 2 aromatic carbocycles. The van der Waals surface area contributed by atoms with Crippen molar-refractivity contribution < 1.29 is 13.7 Å². The molecule has 1 atom stereocenters. The van der Waals surface area contributed by atoms with Gasteiger partial charge in [0.25, 0.3) is 0 Å². The van der Waals surface area contributed by atoms with E-state index in [1.165, 1.54) is 11.6 Å². The standard InChI is InChI=1S/C20H20FN3O2/c1-24(12-16-10-15-7-3-5-9-18(15)25-16)13-20-22-19(23-26-20)11-14-6-2-4-8-17(14)21/h2-9,16H,10-13H2,1H3/t16-/m1/s1. The molecule has 1 aliphatic rings. The van der Waals surface area contributed by atoms with Crippen LogP contribution in [0.1, 0.15) is 22.8 Å². The molecule has 1 aromatic heterocycles. The third-order valence-corrected chi connectivity index (χ3v) is 4.45. The summed E-state index contributed by atoms with van der Waals surface area (Å²) in [6, 6.07) is 14.7. The molecule has 0 amide bonds. The molecule has 0 unspecified atom stereocenters. The number of likely N-dealkylation sites (N-methyl/N-ethyl adjacent to an activating group) is 1. The van der Waals surface area contributed by atoms with Gasteiger partial charge >= 0.3 is 0 Å². The van der Waals surface area contributed by atoms with Crippen molar-refractivity contribution in [1.29, 1.82) is 0 Å². The Balaban J connectivity index is 1.32. The van der Waals surface area contributed by atoms with Crippen molar-refractivity contribution in [1.82, 2.24) is 15.0 Å². The predicted octanol–water partition coefficient (Wildman–Crippen LogP) is 3.24. The van der Waals surface area contributed by atoms with Crippen molar-refractivity contribution in [2.45, 2.75) is 25.5 Å². The van der Waals surface area contributed by atoms with Gasteiger partial charge in [-0.05, 0) is 30.3 Å². The Bertz CT molecular complexity index is 871. The first-order chi connectivity index (χ1) is 12.7. The highest BCUT2D eigenvalue weighted by Gasteiger charge is 2.24. The average molecular weight is 353 g/mol. The van der Waals surface area contributed by atoms with Crippen LogP contribution in [0.4, 0.5) is 4.39 Å². The molecule has 0 bridgehead atoms. The summed E-state index contributed by atoms with van der Waals surface area (Å²) in [5.74, 6) is 1.72. The average Bonchev–Trinajstić information content (AvgIpc) is 3.22. The van der Waals surface area contributed by atoms with Crippen LogP contribution in [0.2, 0.25) is 0 Å². The Hall–Kier alpha value is -2.73. The van der Waals surface area contributed by atoms with E-state index in [-0.39, 0.29) is 11.9 Å². The molecule has 0 N–H and O–H groups in total. The molecule has 0 aliphatic carbocycles. The summed E-state index contributed by atoms with van der Waals surface area (Å²) < 4.78 is 25.0. The molecular weight excluding hydrogens is 333 g/mol. The normalized spacial score (nSPS) is 15.9. The van der Waals surface area contributed by atoms with Crippen LogP contribution in [0.15, 0.2) is 53.1 Å². The van der Waals surface area contributed by atoms with Gasteiger partial charge in [-0.25, -0.2) is 4.39 Å². The molecule has 0 radical (unpaired) electrons. The summed E-state index contributed by atoms with van der Waals surface area (Å²) in [4.78, 5) is 6.47. The highest BCUT2D eigenvalue weighted by Crippen LogP contribution is 2.28. The maximum absolute atomic E-state index is 13.7. The Morgan fingerprint density at radius 2 is 1.96 bits per heavy atom. The van der Waals surface area contributed by atoms with Gasteiger partial charge in [0.2, 0.25) is 5.89 Å². The summed E-state index contributed by atoms with van der Waals surface area (Å²) in [5.41, 5.74) is 1.81. The SMILES string of the molecule is CN(Cc1nc(Cc2ccccc2F)no1)C[C@H]1Cc2ccccc2O1. The van der Waals surface area contributed by atoms with Crippen LogP contribution in [-0.2, 0) is 19.4 Å². The zero-order chi connectivity index (χ0) is 17.9. The molecule has 4 rings (SSSR count). The van der Waals surface area contributed by atoms with E-state index in [0.29, 0.717) is 30.2 Å². The van der Waals surface area contributed by atoms with E-state index in [0.717, 1.165) is 18.7 Å². The first kappa shape index (κ1) is 16.7. The van der Waals surface area contributed by atoms with Gasteiger partial charge in [-0.15, -0.1) is 0 Å². The van der Waals surface area contributed by atoms with Crippen molar-refractivity contribution in [3.05, 3.63) is 77.2 Å². The lowest BCUT2D eigenvalue weighted by molar-refractivity contribution is 0.155. The maximum Gasteiger partial charge on any atom is 0.240 e. The molecule has 0 saturated carbocycles. The molecule has 3 aromatic rings. The smallest absolute Gasteiger partial charge is 0.240 e. The van der Waals surface area contributed by atoms with Gasteiger partial charge in [0.1, 0.15) is 17.7 Å². The lowest BCUT2D eigenvalue weighted by Gasteiger charge is -2.18. The number of halogens is 1. The van der Waals surface area contributed by atoms with E-state index in [1.807, 2.05) is 25.2 Å². The van der Waals surface area contributed by atoms with Crippen LogP contribution in [-0.4, -0.2) is 34.7 Å². The Kier molecular flexibility index (Phi) is 4.67. The fourth-order valence-corrected chi connectivity index (χ4v) is 3.24. The second-order valence-corrected chi connectivity index (χ2v) is 6.62. The lowest BCUT2D eigenvalue weighted by atomic mass is 10.1. The minimum atomic E-state index is -0.256. The van der Waals surface area contributed by atoms with E-state index in [2.05, 4.69) is 21.1 Å². The molecule has 1 aliphatic heterocycles.